The quantitative estimate of drug-likeness (QED) is 0.0443. The van der Waals surface area contributed by atoms with Crippen molar-refractivity contribution in [1.29, 1.82) is 0 Å². The van der Waals surface area contributed by atoms with E-state index < -0.39 is 74.8 Å². The Bertz CT molecular complexity index is 2730. The summed E-state index contributed by atoms with van der Waals surface area (Å²) in [6.45, 7) is 1.84. The summed E-state index contributed by atoms with van der Waals surface area (Å²) in [7, 11) is -4.89. The van der Waals surface area contributed by atoms with Crippen LogP contribution in [0.25, 0.3) is 33.9 Å². The van der Waals surface area contributed by atoms with E-state index in [1.807, 2.05) is 6.92 Å². The van der Waals surface area contributed by atoms with Crippen LogP contribution < -0.4 is 10.6 Å². The van der Waals surface area contributed by atoms with Crippen LogP contribution in [0, 0.1) is 42.3 Å². The van der Waals surface area contributed by atoms with Gasteiger partial charge in [-0.05, 0) is 73.1 Å². The molecule has 1 aliphatic rings. The van der Waals surface area contributed by atoms with Crippen LogP contribution in [0.3, 0.4) is 0 Å². The molecule has 1 unspecified atom stereocenters. The Balaban J connectivity index is 0.000000280. The Hall–Kier alpha value is -7.13. The number of hydroxylamine groups is 2. The number of imide groups is 1. The Kier molecular flexibility index (Phi) is 20.2. The fraction of sp³-hybridized carbons (Fsp3) is 0.196. The summed E-state index contributed by atoms with van der Waals surface area (Å²) < 4.78 is 85.7. The molecule has 4 amide bonds. The fourth-order valence-electron chi connectivity index (χ4n) is 5.85. The van der Waals surface area contributed by atoms with Crippen molar-refractivity contribution in [2.24, 2.45) is 0 Å². The number of nitrogens with one attached hydrogen (secondary N) is 2. The molecule has 0 saturated carbocycles. The Morgan fingerprint density at radius 3 is 1.78 bits per heavy atom. The minimum absolute atomic E-state index is 0. The number of aromatic nitrogens is 4. The number of hydrogen-bond acceptors (Lipinski definition) is 13. The van der Waals surface area contributed by atoms with Gasteiger partial charge in [-0.3, -0.25) is 46.7 Å². The van der Waals surface area contributed by atoms with Gasteiger partial charge in [0.25, 0.3) is 17.7 Å². The predicted molar refractivity (Wildman–Crippen MR) is 229 cm³/mol. The van der Waals surface area contributed by atoms with Crippen LogP contribution in [0.4, 0.5) is 17.6 Å². The molecule has 5 heterocycles. The van der Waals surface area contributed by atoms with Crippen molar-refractivity contribution < 1.29 is 79.4 Å². The number of nitrogens with zero attached hydrogens (tertiary/aromatic N) is 5. The number of aryl methyl sites for hydroxylation is 1. The topological polar surface area (TPSA) is 231 Å². The normalized spacial score (nSPS) is 12.3. The maximum atomic E-state index is 13.2. The summed E-state index contributed by atoms with van der Waals surface area (Å²) in [6.07, 6.45) is 6.28. The second kappa shape index (κ2) is 25.7. The largest absolute Gasteiger partial charge is 0.748 e. The van der Waals surface area contributed by atoms with Crippen LogP contribution in [0.15, 0.2) is 110 Å². The molecule has 0 bridgehead atoms. The summed E-state index contributed by atoms with van der Waals surface area (Å²) >= 11 is 0. The summed E-state index contributed by atoms with van der Waals surface area (Å²) in [6, 6.07) is 23.7. The second-order valence-corrected chi connectivity index (χ2v) is 15.7. The number of carbonyl (C=O) groups excluding carboxylic acids is 5. The van der Waals surface area contributed by atoms with Crippen molar-refractivity contribution in [2.45, 2.75) is 45.1 Å². The van der Waals surface area contributed by atoms with E-state index >= 15 is 0 Å². The van der Waals surface area contributed by atoms with Gasteiger partial charge in [-0.1, -0.05) is 47.5 Å². The van der Waals surface area contributed by atoms with Gasteiger partial charge in [0, 0.05) is 99.5 Å². The molecule has 1 fully saturated rings. The van der Waals surface area contributed by atoms with Gasteiger partial charge in [0.05, 0.1) is 27.3 Å². The molecular weight excluding hydrogens is 1090 g/mol. The van der Waals surface area contributed by atoms with Gasteiger partial charge in [0.2, 0.25) is 5.91 Å². The monoisotopic (exact) mass is 1130 g/mol. The average Bonchev–Trinajstić information content (AvgIpc) is 3.61. The van der Waals surface area contributed by atoms with Gasteiger partial charge >= 0.3 is 5.97 Å². The smallest absolute Gasteiger partial charge is 0.333 e. The van der Waals surface area contributed by atoms with Gasteiger partial charge in [-0.15, -0.1) is 29.3 Å². The number of pyridine rings is 4. The van der Waals surface area contributed by atoms with Crippen molar-refractivity contribution >= 4 is 39.7 Å². The van der Waals surface area contributed by atoms with E-state index in [2.05, 4.69) is 42.7 Å². The Labute approximate surface area is 400 Å². The van der Waals surface area contributed by atoms with E-state index in [-0.39, 0.29) is 75.4 Å². The van der Waals surface area contributed by atoms with Gasteiger partial charge in [-0.2, -0.15) is 0 Å². The molecule has 68 heavy (non-hydrogen) atoms. The molecular formula is C46H38F4IrN7O9S-3. The third-order valence-electron chi connectivity index (χ3n) is 9.06. The summed E-state index contributed by atoms with van der Waals surface area (Å²) in [4.78, 5) is 81.2. The molecule has 6 aromatic rings. The molecule has 16 nitrogen and oxygen atoms in total. The first-order chi connectivity index (χ1) is 32.0. The zero-order valence-electron chi connectivity index (χ0n) is 35.6. The molecule has 357 valence electrons. The van der Waals surface area contributed by atoms with Crippen molar-refractivity contribution in [2.75, 3.05) is 12.3 Å². The van der Waals surface area contributed by atoms with E-state index in [0.29, 0.717) is 27.8 Å². The maximum Gasteiger partial charge on any atom is 0.333 e. The number of benzene rings is 2. The minimum Gasteiger partial charge on any atom is -0.748 e. The standard InChI is InChI=1S/C24H27N5O9S.2C11H6F2N.Ir/c1-15-7-10-25-17(12-15)18-13-16(8-11-26-18)23(33)28-19(14-39(35,36)37)24(34)27-9-3-2-4-22(32)38-29-20(30)5-6-21(29)31;2*12-8-4-5-9(10(13)7-8)11-3-1-2-6-14-11;/h7-8,10-13,19H,2-6,9,14H2,1H3,(H,27,34)(H,28,33)(H,35,36,37);2*1-4,6-7H;/q;2*-1;/p-1. The number of amides is 4. The van der Waals surface area contributed by atoms with Crippen LogP contribution >= 0.6 is 0 Å². The molecule has 2 aromatic carbocycles. The number of unbranched alkanes of at least 4 members (excludes halogenated alkanes) is 1. The molecule has 1 saturated heterocycles. The Morgan fingerprint density at radius 2 is 1.28 bits per heavy atom. The van der Waals surface area contributed by atoms with Crippen molar-refractivity contribution in [1.82, 2.24) is 35.6 Å². The van der Waals surface area contributed by atoms with Crippen LogP contribution in [-0.4, -0.2) is 85.9 Å². The maximum absolute atomic E-state index is 13.2. The first-order valence-corrected chi connectivity index (χ1v) is 21.6. The number of halogens is 4. The zero-order valence-corrected chi connectivity index (χ0v) is 38.8. The van der Waals surface area contributed by atoms with Crippen LogP contribution in [-0.2, 0) is 54.2 Å². The molecule has 2 N–H and O–H groups in total. The van der Waals surface area contributed by atoms with Crippen LogP contribution in [0.5, 0.6) is 0 Å². The molecule has 1 aliphatic heterocycles. The van der Waals surface area contributed by atoms with Gasteiger partial charge < -0.3 is 30.0 Å². The summed E-state index contributed by atoms with van der Waals surface area (Å²) in [5.41, 5.74) is 3.14. The van der Waals surface area contributed by atoms with Crippen molar-refractivity contribution in [3.05, 3.63) is 156 Å². The molecule has 0 aliphatic carbocycles. The van der Waals surface area contributed by atoms with Crippen LogP contribution in [0.1, 0.15) is 48.0 Å². The van der Waals surface area contributed by atoms with Gasteiger partial charge in [0.15, 0.2) is 0 Å². The summed E-state index contributed by atoms with van der Waals surface area (Å²) in [5, 5.41) is 5.12. The molecule has 1 atom stereocenters. The number of hydrogen-bond donors (Lipinski definition) is 2. The minimum atomic E-state index is -4.89. The fourth-order valence-corrected chi connectivity index (χ4v) is 6.50. The number of rotatable bonds is 14. The first-order valence-electron chi connectivity index (χ1n) is 20.0. The second-order valence-electron chi connectivity index (χ2n) is 14.2. The van der Waals surface area contributed by atoms with E-state index in [0.717, 1.165) is 29.8 Å². The van der Waals surface area contributed by atoms with E-state index in [1.54, 1.807) is 67.1 Å². The predicted octanol–water partition coefficient (Wildman–Crippen LogP) is 5.64. The van der Waals surface area contributed by atoms with Gasteiger partial charge in [-0.25, -0.2) is 13.2 Å². The van der Waals surface area contributed by atoms with E-state index in [4.69, 9.17) is 4.84 Å². The van der Waals surface area contributed by atoms with E-state index in [1.165, 1.54) is 18.3 Å². The first kappa shape index (κ1) is 53.5. The molecule has 4 aromatic heterocycles. The molecule has 22 heteroatoms. The molecule has 7 rings (SSSR count). The van der Waals surface area contributed by atoms with Crippen LogP contribution in [0.2, 0.25) is 0 Å². The van der Waals surface area contributed by atoms with E-state index in [9.17, 15) is 54.5 Å². The van der Waals surface area contributed by atoms with Crippen molar-refractivity contribution in [3.63, 3.8) is 0 Å². The number of carbonyl (C=O) groups is 5. The zero-order chi connectivity index (χ0) is 48.5. The third kappa shape index (κ3) is 16.6. The SMILES string of the molecule is Cc1ccnc(-c2cc(C(=O)NC(CS(=O)(=O)[O-])C(=O)NCCCCC(=O)ON3C(=O)CCC3=O)ccn2)c1.Fc1c[c-]c(-c2ccccn2)c(F)c1.Fc1c[c-]c(-c2ccccn2)c(F)c1.[Ir]. The average molecular weight is 1130 g/mol. The Morgan fingerprint density at radius 1 is 0.750 bits per heavy atom. The summed E-state index contributed by atoms with van der Waals surface area (Å²) in [5.74, 6) is -7.46. The van der Waals surface area contributed by atoms with Gasteiger partial charge in [0.1, 0.15) is 6.04 Å². The molecule has 1 radical (unpaired) electrons. The molecule has 0 spiro atoms. The third-order valence-corrected chi connectivity index (χ3v) is 9.80. The van der Waals surface area contributed by atoms with Crippen molar-refractivity contribution in [3.8, 4) is 33.9 Å².